The fourth-order valence-corrected chi connectivity index (χ4v) is 4.28. The van der Waals surface area contributed by atoms with Crippen molar-refractivity contribution in [3.05, 3.63) is 83.4 Å². The highest BCUT2D eigenvalue weighted by Crippen LogP contribution is 2.25. The fourth-order valence-electron chi connectivity index (χ4n) is 3.04. The zero-order valence-corrected chi connectivity index (χ0v) is 18.2. The second kappa shape index (κ2) is 8.59. The highest BCUT2D eigenvalue weighted by Gasteiger charge is 2.22. The fraction of sp³-hybridized carbons (Fsp3) is 0.174. The van der Waals surface area contributed by atoms with Gasteiger partial charge in [0.05, 0.1) is 17.7 Å². The van der Waals surface area contributed by atoms with Crippen LogP contribution in [0.5, 0.6) is 5.75 Å². The minimum absolute atomic E-state index is 0.0362. The quantitative estimate of drug-likeness (QED) is 0.637. The lowest BCUT2D eigenvalue weighted by molar-refractivity contribution is 0.102. The first-order valence-corrected chi connectivity index (χ1v) is 10.8. The van der Waals surface area contributed by atoms with Crippen molar-refractivity contribution < 1.29 is 17.9 Å². The van der Waals surface area contributed by atoms with Crippen LogP contribution in [0.4, 0.5) is 11.4 Å². The van der Waals surface area contributed by atoms with Crippen LogP contribution < -0.4 is 14.4 Å². The standard InChI is InChI=1S/C23H24N2O4S/c1-16-8-13-22(17(2)14-16)24-23(26)18-6-5-7-21(15-18)30(27,28)25(3)19-9-11-20(29-4)12-10-19/h5-15H,1-4H3,(H,24,26). The van der Waals surface area contributed by atoms with E-state index in [-0.39, 0.29) is 16.4 Å². The van der Waals surface area contributed by atoms with Crippen molar-refractivity contribution in [3.8, 4) is 5.75 Å². The summed E-state index contributed by atoms with van der Waals surface area (Å²) in [7, 11) is -0.824. The van der Waals surface area contributed by atoms with Gasteiger partial charge in [-0.2, -0.15) is 0 Å². The van der Waals surface area contributed by atoms with Crippen LogP contribution >= 0.6 is 0 Å². The molecule has 0 aliphatic heterocycles. The molecule has 0 atom stereocenters. The first kappa shape index (κ1) is 21.4. The number of methoxy groups -OCH3 is 1. The van der Waals surface area contributed by atoms with Crippen molar-refractivity contribution in [2.24, 2.45) is 0 Å². The molecule has 0 heterocycles. The lowest BCUT2D eigenvalue weighted by Gasteiger charge is -2.20. The summed E-state index contributed by atoms with van der Waals surface area (Å²) in [6.07, 6.45) is 0. The molecule has 1 N–H and O–H groups in total. The normalized spacial score (nSPS) is 11.1. The first-order valence-electron chi connectivity index (χ1n) is 9.34. The molecule has 0 saturated carbocycles. The Morgan fingerprint density at radius 2 is 1.67 bits per heavy atom. The number of sulfonamides is 1. The second-order valence-corrected chi connectivity index (χ2v) is 8.94. The van der Waals surface area contributed by atoms with E-state index in [0.29, 0.717) is 17.1 Å². The third-order valence-electron chi connectivity index (χ3n) is 4.82. The second-order valence-electron chi connectivity index (χ2n) is 6.97. The average molecular weight is 425 g/mol. The van der Waals surface area contributed by atoms with Gasteiger partial charge in [0.2, 0.25) is 0 Å². The van der Waals surface area contributed by atoms with E-state index < -0.39 is 10.0 Å². The third kappa shape index (κ3) is 4.46. The Morgan fingerprint density at radius 3 is 2.30 bits per heavy atom. The van der Waals surface area contributed by atoms with Gasteiger partial charge in [-0.05, 0) is 67.9 Å². The number of ether oxygens (including phenoxy) is 1. The van der Waals surface area contributed by atoms with Gasteiger partial charge in [0, 0.05) is 18.3 Å². The summed E-state index contributed by atoms with van der Waals surface area (Å²) < 4.78 is 32.4. The Morgan fingerprint density at radius 1 is 0.967 bits per heavy atom. The lowest BCUT2D eigenvalue weighted by Crippen LogP contribution is -2.26. The van der Waals surface area contributed by atoms with E-state index >= 15 is 0 Å². The number of anilines is 2. The topological polar surface area (TPSA) is 75.7 Å². The number of carbonyl (C=O) groups is 1. The maximum Gasteiger partial charge on any atom is 0.264 e. The van der Waals surface area contributed by atoms with Crippen LogP contribution in [0.15, 0.2) is 71.6 Å². The summed E-state index contributed by atoms with van der Waals surface area (Å²) in [5.41, 5.74) is 3.47. The summed E-state index contributed by atoms with van der Waals surface area (Å²) in [6, 6.07) is 18.4. The molecular weight excluding hydrogens is 400 g/mol. The maximum absolute atomic E-state index is 13.1. The summed E-state index contributed by atoms with van der Waals surface area (Å²) in [4.78, 5) is 12.7. The third-order valence-corrected chi connectivity index (χ3v) is 6.60. The molecule has 3 rings (SSSR count). The van der Waals surface area contributed by atoms with Crippen molar-refractivity contribution in [3.63, 3.8) is 0 Å². The van der Waals surface area contributed by atoms with Gasteiger partial charge in [-0.15, -0.1) is 0 Å². The molecule has 0 aliphatic rings. The van der Waals surface area contributed by atoms with E-state index in [2.05, 4.69) is 5.32 Å². The number of nitrogens with zero attached hydrogens (tertiary/aromatic N) is 1. The monoisotopic (exact) mass is 424 g/mol. The molecule has 0 unspecified atom stereocenters. The zero-order chi connectivity index (χ0) is 21.9. The predicted octanol–water partition coefficient (Wildman–Crippen LogP) is 4.39. The van der Waals surface area contributed by atoms with Gasteiger partial charge in [-0.3, -0.25) is 9.10 Å². The minimum atomic E-state index is -3.84. The van der Waals surface area contributed by atoms with Gasteiger partial charge >= 0.3 is 0 Å². The van der Waals surface area contributed by atoms with E-state index in [0.717, 1.165) is 11.1 Å². The Hall–Kier alpha value is -3.32. The number of aryl methyl sites for hydroxylation is 2. The predicted molar refractivity (Wildman–Crippen MR) is 119 cm³/mol. The van der Waals surface area contributed by atoms with Crippen LogP contribution in [-0.2, 0) is 10.0 Å². The Bertz CT molecular complexity index is 1170. The van der Waals surface area contributed by atoms with Crippen LogP contribution in [0.1, 0.15) is 21.5 Å². The van der Waals surface area contributed by atoms with Crippen molar-refractivity contribution in [1.82, 2.24) is 0 Å². The van der Waals surface area contributed by atoms with Crippen LogP contribution in [0.25, 0.3) is 0 Å². The molecule has 3 aromatic rings. The van der Waals surface area contributed by atoms with E-state index in [1.807, 2.05) is 32.0 Å². The van der Waals surface area contributed by atoms with Crippen LogP contribution in [0.2, 0.25) is 0 Å². The number of amides is 1. The van der Waals surface area contributed by atoms with Crippen molar-refractivity contribution in [1.29, 1.82) is 0 Å². The molecule has 1 amide bonds. The van der Waals surface area contributed by atoms with Gasteiger partial charge in [-0.25, -0.2) is 8.42 Å². The summed E-state index contributed by atoms with van der Waals surface area (Å²) in [5, 5.41) is 2.84. The number of rotatable bonds is 6. The Balaban J connectivity index is 1.86. The largest absolute Gasteiger partial charge is 0.497 e. The lowest BCUT2D eigenvalue weighted by atomic mass is 10.1. The van der Waals surface area contributed by atoms with E-state index in [9.17, 15) is 13.2 Å². The Kier molecular flexibility index (Phi) is 6.12. The van der Waals surface area contributed by atoms with Gasteiger partial charge in [-0.1, -0.05) is 23.8 Å². The van der Waals surface area contributed by atoms with E-state index in [1.54, 1.807) is 43.5 Å². The smallest absolute Gasteiger partial charge is 0.264 e. The van der Waals surface area contributed by atoms with Crippen LogP contribution in [-0.4, -0.2) is 28.5 Å². The van der Waals surface area contributed by atoms with Gasteiger partial charge in [0.25, 0.3) is 15.9 Å². The SMILES string of the molecule is COc1ccc(N(C)S(=O)(=O)c2cccc(C(=O)Nc3ccc(C)cc3C)c2)cc1. The summed E-state index contributed by atoms with van der Waals surface area (Å²) >= 11 is 0. The number of benzene rings is 3. The molecule has 0 fully saturated rings. The molecule has 156 valence electrons. The zero-order valence-electron chi connectivity index (χ0n) is 17.3. The molecular formula is C23H24N2O4S. The molecule has 0 aliphatic carbocycles. The minimum Gasteiger partial charge on any atom is -0.497 e. The molecule has 3 aromatic carbocycles. The highest BCUT2D eigenvalue weighted by molar-refractivity contribution is 7.92. The molecule has 6 nitrogen and oxygen atoms in total. The van der Waals surface area contributed by atoms with Crippen LogP contribution in [0, 0.1) is 13.8 Å². The Labute approximate surface area is 177 Å². The summed E-state index contributed by atoms with van der Waals surface area (Å²) in [6.45, 7) is 3.89. The number of hydrogen-bond acceptors (Lipinski definition) is 4. The molecule has 0 saturated heterocycles. The molecule has 0 spiro atoms. The maximum atomic E-state index is 13.1. The number of nitrogens with one attached hydrogen (secondary N) is 1. The van der Waals surface area contributed by atoms with E-state index in [4.69, 9.17) is 4.74 Å². The van der Waals surface area contributed by atoms with E-state index in [1.165, 1.54) is 23.5 Å². The molecule has 0 aromatic heterocycles. The van der Waals surface area contributed by atoms with Gasteiger partial charge in [0.15, 0.2) is 0 Å². The first-order chi connectivity index (χ1) is 14.2. The average Bonchev–Trinajstić information content (AvgIpc) is 2.75. The van der Waals surface area contributed by atoms with Crippen molar-refractivity contribution in [2.45, 2.75) is 18.7 Å². The number of hydrogen-bond donors (Lipinski definition) is 1. The molecule has 0 radical (unpaired) electrons. The van der Waals surface area contributed by atoms with Crippen molar-refractivity contribution >= 4 is 27.3 Å². The molecule has 7 heteroatoms. The molecule has 30 heavy (non-hydrogen) atoms. The number of carbonyl (C=O) groups excluding carboxylic acids is 1. The van der Waals surface area contributed by atoms with Crippen molar-refractivity contribution in [2.75, 3.05) is 23.8 Å². The van der Waals surface area contributed by atoms with Crippen LogP contribution in [0.3, 0.4) is 0 Å². The molecule has 0 bridgehead atoms. The highest BCUT2D eigenvalue weighted by atomic mass is 32.2. The summed E-state index contributed by atoms with van der Waals surface area (Å²) in [5.74, 6) is 0.265. The van der Waals surface area contributed by atoms with Gasteiger partial charge < -0.3 is 10.1 Å². The van der Waals surface area contributed by atoms with Gasteiger partial charge in [0.1, 0.15) is 5.75 Å².